The summed E-state index contributed by atoms with van der Waals surface area (Å²) < 4.78 is 13.5. The fourth-order valence-corrected chi connectivity index (χ4v) is 3.01. The Balaban J connectivity index is 1.88. The zero-order chi connectivity index (χ0) is 12.3. The highest BCUT2D eigenvalue weighted by Gasteiger charge is 2.23. The lowest BCUT2D eigenvalue weighted by Gasteiger charge is -2.32. The first-order chi connectivity index (χ1) is 8.15. The van der Waals surface area contributed by atoms with Gasteiger partial charge in [-0.1, -0.05) is 32.0 Å². The molecule has 0 bridgehead atoms. The lowest BCUT2D eigenvalue weighted by atomic mass is 9.80. The van der Waals surface area contributed by atoms with Gasteiger partial charge in [-0.3, -0.25) is 0 Å². The second kappa shape index (κ2) is 5.63. The minimum Gasteiger partial charge on any atom is -0.310 e. The summed E-state index contributed by atoms with van der Waals surface area (Å²) in [5.41, 5.74) is 0.776. The highest BCUT2D eigenvalue weighted by Crippen LogP contribution is 2.28. The maximum atomic E-state index is 13.5. The van der Waals surface area contributed by atoms with Crippen LogP contribution in [0, 0.1) is 17.7 Å². The molecule has 0 aromatic heterocycles. The van der Waals surface area contributed by atoms with Gasteiger partial charge in [0.2, 0.25) is 0 Å². The molecule has 0 aliphatic heterocycles. The highest BCUT2D eigenvalue weighted by atomic mass is 19.1. The molecule has 1 aliphatic rings. The fourth-order valence-electron chi connectivity index (χ4n) is 3.01. The summed E-state index contributed by atoms with van der Waals surface area (Å²) in [4.78, 5) is 0. The van der Waals surface area contributed by atoms with Gasteiger partial charge in [0.05, 0.1) is 0 Å². The van der Waals surface area contributed by atoms with E-state index >= 15 is 0 Å². The number of nitrogens with one attached hydrogen (secondary N) is 1. The fraction of sp³-hybridized carbons (Fsp3) is 0.600. The molecule has 1 aromatic carbocycles. The van der Waals surface area contributed by atoms with E-state index in [9.17, 15) is 4.39 Å². The van der Waals surface area contributed by atoms with Gasteiger partial charge in [0, 0.05) is 18.2 Å². The first kappa shape index (κ1) is 12.6. The summed E-state index contributed by atoms with van der Waals surface area (Å²) in [6.45, 7) is 5.28. The first-order valence-corrected chi connectivity index (χ1v) is 6.62. The number of hydrogen-bond acceptors (Lipinski definition) is 1. The summed E-state index contributed by atoms with van der Waals surface area (Å²) >= 11 is 0. The lowest BCUT2D eigenvalue weighted by molar-refractivity contribution is 0.237. The van der Waals surface area contributed by atoms with Crippen LogP contribution in [0.15, 0.2) is 24.3 Å². The Labute approximate surface area is 103 Å². The monoisotopic (exact) mass is 235 g/mol. The largest absolute Gasteiger partial charge is 0.310 e. The van der Waals surface area contributed by atoms with Crippen molar-refractivity contribution in [3.63, 3.8) is 0 Å². The zero-order valence-corrected chi connectivity index (χ0v) is 10.7. The van der Waals surface area contributed by atoms with Crippen LogP contribution in [0.1, 0.15) is 38.7 Å². The molecular formula is C15H22FN. The molecule has 1 aliphatic carbocycles. The molecule has 2 heteroatoms. The molecule has 1 nitrogen and oxygen atoms in total. The van der Waals surface area contributed by atoms with Gasteiger partial charge in [-0.15, -0.1) is 0 Å². The molecule has 17 heavy (non-hydrogen) atoms. The van der Waals surface area contributed by atoms with Gasteiger partial charge in [0.15, 0.2) is 0 Å². The molecule has 2 rings (SSSR count). The van der Waals surface area contributed by atoms with Gasteiger partial charge in [-0.2, -0.15) is 0 Å². The second-order valence-electron chi connectivity index (χ2n) is 5.59. The van der Waals surface area contributed by atoms with E-state index in [4.69, 9.17) is 0 Å². The average Bonchev–Trinajstić information content (AvgIpc) is 2.27. The normalized spacial score (nSPS) is 29.2. The van der Waals surface area contributed by atoms with E-state index in [0.29, 0.717) is 12.6 Å². The molecule has 1 saturated carbocycles. The number of hydrogen-bond donors (Lipinski definition) is 1. The Morgan fingerprint density at radius 1 is 1.12 bits per heavy atom. The summed E-state index contributed by atoms with van der Waals surface area (Å²) in [6.07, 6.45) is 3.77. The van der Waals surface area contributed by atoms with Gasteiger partial charge < -0.3 is 5.32 Å². The maximum Gasteiger partial charge on any atom is 0.127 e. The van der Waals surface area contributed by atoms with Crippen molar-refractivity contribution in [2.24, 2.45) is 11.8 Å². The van der Waals surface area contributed by atoms with Crippen LogP contribution >= 0.6 is 0 Å². The summed E-state index contributed by atoms with van der Waals surface area (Å²) in [5.74, 6) is 1.48. The quantitative estimate of drug-likeness (QED) is 0.841. The predicted octanol–water partition coefficient (Wildman–Crippen LogP) is 3.74. The summed E-state index contributed by atoms with van der Waals surface area (Å²) in [7, 11) is 0. The summed E-state index contributed by atoms with van der Waals surface area (Å²) in [5, 5.41) is 3.50. The van der Waals surface area contributed by atoms with Crippen LogP contribution in [0.2, 0.25) is 0 Å². The standard InChI is InChI=1S/C15H22FN/c1-11-7-12(2)9-14(8-11)17-10-13-5-3-4-6-15(13)16/h3-6,11-12,14,17H,7-10H2,1-2H3. The predicted molar refractivity (Wildman–Crippen MR) is 69.2 cm³/mol. The third-order valence-electron chi connectivity index (χ3n) is 3.72. The van der Waals surface area contributed by atoms with Crippen molar-refractivity contribution in [2.45, 2.75) is 45.7 Å². The number of halogens is 1. The van der Waals surface area contributed by atoms with E-state index in [0.717, 1.165) is 17.4 Å². The smallest absolute Gasteiger partial charge is 0.127 e. The van der Waals surface area contributed by atoms with Gasteiger partial charge in [-0.05, 0) is 37.2 Å². The van der Waals surface area contributed by atoms with Crippen molar-refractivity contribution in [2.75, 3.05) is 0 Å². The number of benzene rings is 1. The third-order valence-corrected chi connectivity index (χ3v) is 3.72. The Hall–Kier alpha value is -0.890. The van der Waals surface area contributed by atoms with Crippen molar-refractivity contribution < 1.29 is 4.39 Å². The van der Waals surface area contributed by atoms with E-state index < -0.39 is 0 Å². The Bertz CT molecular complexity index is 354. The van der Waals surface area contributed by atoms with E-state index in [2.05, 4.69) is 19.2 Å². The molecule has 0 heterocycles. The van der Waals surface area contributed by atoms with Crippen LogP contribution in [0.5, 0.6) is 0 Å². The van der Waals surface area contributed by atoms with Crippen molar-refractivity contribution in [3.8, 4) is 0 Å². The van der Waals surface area contributed by atoms with Crippen molar-refractivity contribution in [1.29, 1.82) is 0 Å². The molecule has 1 aromatic rings. The van der Waals surface area contributed by atoms with Crippen LogP contribution in [-0.4, -0.2) is 6.04 Å². The summed E-state index contributed by atoms with van der Waals surface area (Å²) in [6, 6.07) is 7.57. The van der Waals surface area contributed by atoms with Gasteiger partial charge >= 0.3 is 0 Å². The second-order valence-corrected chi connectivity index (χ2v) is 5.59. The van der Waals surface area contributed by atoms with Gasteiger partial charge in [-0.25, -0.2) is 4.39 Å². The molecule has 0 amide bonds. The Morgan fingerprint density at radius 2 is 1.76 bits per heavy atom. The lowest BCUT2D eigenvalue weighted by Crippen LogP contribution is -2.36. The minimum absolute atomic E-state index is 0.100. The highest BCUT2D eigenvalue weighted by molar-refractivity contribution is 5.17. The van der Waals surface area contributed by atoms with E-state index in [1.165, 1.54) is 25.3 Å². The topological polar surface area (TPSA) is 12.0 Å². The molecular weight excluding hydrogens is 213 g/mol. The molecule has 2 unspecified atom stereocenters. The Kier molecular flexibility index (Phi) is 4.16. The van der Waals surface area contributed by atoms with Gasteiger partial charge in [0.1, 0.15) is 5.82 Å². The molecule has 0 radical (unpaired) electrons. The maximum absolute atomic E-state index is 13.5. The van der Waals surface area contributed by atoms with Crippen molar-refractivity contribution in [3.05, 3.63) is 35.6 Å². The third kappa shape index (κ3) is 3.53. The van der Waals surface area contributed by atoms with Crippen LogP contribution < -0.4 is 5.32 Å². The van der Waals surface area contributed by atoms with Crippen LogP contribution in [0.3, 0.4) is 0 Å². The molecule has 1 fully saturated rings. The molecule has 0 saturated heterocycles. The Morgan fingerprint density at radius 3 is 2.41 bits per heavy atom. The number of rotatable bonds is 3. The zero-order valence-electron chi connectivity index (χ0n) is 10.7. The van der Waals surface area contributed by atoms with E-state index in [1.807, 2.05) is 12.1 Å². The molecule has 94 valence electrons. The molecule has 2 atom stereocenters. The first-order valence-electron chi connectivity index (χ1n) is 6.62. The molecule has 1 N–H and O–H groups in total. The van der Waals surface area contributed by atoms with Crippen LogP contribution in [0.4, 0.5) is 4.39 Å². The van der Waals surface area contributed by atoms with Gasteiger partial charge in [0.25, 0.3) is 0 Å². The average molecular weight is 235 g/mol. The SMILES string of the molecule is CC1CC(C)CC(NCc2ccccc2F)C1. The van der Waals surface area contributed by atoms with Crippen molar-refractivity contribution in [1.82, 2.24) is 5.32 Å². The van der Waals surface area contributed by atoms with Crippen LogP contribution in [-0.2, 0) is 6.54 Å². The minimum atomic E-state index is -0.100. The van der Waals surface area contributed by atoms with Crippen molar-refractivity contribution >= 4 is 0 Å². The van der Waals surface area contributed by atoms with E-state index in [1.54, 1.807) is 6.07 Å². The molecule has 0 spiro atoms. The van der Waals surface area contributed by atoms with E-state index in [-0.39, 0.29) is 5.82 Å². The van der Waals surface area contributed by atoms with Crippen LogP contribution in [0.25, 0.3) is 0 Å².